The van der Waals surface area contributed by atoms with E-state index in [1.165, 1.54) is 39.7 Å². The van der Waals surface area contributed by atoms with E-state index in [9.17, 15) is 28.0 Å². The largest absolute Gasteiger partial charge is 0.379 e. The third kappa shape index (κ3) is 7.63. The monoisotopic (exact) mass is 622 g/mol. The molecule has 0 radical (unpaired) electrons. The molecule has 1 aliphatic rings. The molecule has 3 aromatic heterocycles. The van der Waals surface area contributed by atoms with Gasteiger partial charge < -0.3 is 40.1 Å². The maximum atomic E-state index is 14.0. The zero-order valence-electron chi connectivity index (χ0n) is 24.6. The predicted molar refractivity (Wildman–Crippen MR) is 161 cm³/mol. The van der Waals surface area contributed by atoms with Crippen LogP contribution in [0.5, 0.6) is 0 Å². The zero-order valence-corrected chi connectivity index (χ0v) is 24.6. The summed E-state index contributed by atoms with van der Waals surface area (Å²) >= 11 is 0. The maximum Gasteiger partial charge on any atom is 0.272 e. The fourth-order valence-electron chi connectivity index (χ4n) is 4.82. The number of carbonyl (C=O) groups is 4. The number of rotatable bonds is 10. The Kier molecular flexibility index (Phi) is 9.39. The quantitative estimate of drug-likeness (QED) is 0.183. The standard InChI is InChI=1S/C30H32F2N8O5/c1-38-16-20(36-27(41)22-4-3-18(31)11-23(22)32)13-26(38)30(44)37-21-14-25(39(2)17-21)29(43)35-19-12-24(34-15-19)28(42)33-5-6-40-7-9-45-10-8-40/h3-4,11-17,34H,5-10H2,1-2H3,(H,33,42)(H,35,43)(H,36,41)(H,37,44). The summed E-state index contributed by atoms with van der Waals surface area (Å²) < 4.78 is 35.5. The minimum absolute atomic E-state index is 0.169. The van der Waals surface area contributed by atoms with Crippen LogP contribution in [0.15, 0.2) is 55.0 Å². The van der Waals surface area contributed by atoms with E-state index in [0.717, 1.165) is 25.2 Å². The normalized spacial score (nSPS) is 13.3. The summed E-state index contributed by atoms with van der Waals surface area (Å²) in [6, 6.07) is 7.02. The van der Waals surface area contributed by atoms with E-state index in [-0.39, 0.29) is 28.5 Å². The van der Waals surface area contributed by atoms with Crippen LogP contribution >= 0.6 is 0 Å². The van der Waals surface area contributed by atoms with E-state index in [0.29, 0.717) is 49.4 Å². The lowest BCUT2D eigenvalue weighted by atomic mass is 10.2. The number of amides is 4. The fourth-order valence-corrected chi connectivity index (χ4v) is 4.82. The van der Waals surface area contributed by atoms with Gasteiger partial charge >= 0.3 is 0 Å². The second-order valence-corrected chi connectivity index (χ2v) is 10.4. The highest BCUT2D eigenvalue weighted by atomic mass is 19.1. The molecule has 5 rings (SSSR count). The van der Waals surface area contributed by atoms with E-state index in [1.54, 1.807) is 20.3 Å². The Labute approximate surface area is 256 Å². The summed E-state index contributed by atoms with van der Waals surface area (Å²) in [6.07, 6.45) is 4.53. The molecule has 1 fully saturated rings. The second-order valence-electron chi connectivity index (χ2n) is 10.4. The van der Waals surface area contributed by atoms with E-state index in [2.05, 4.69) is 31.2 Å². The van der Waals surface area contributed by atoms with Crippen molar-refractivity contribution in [1.29, 1.82) is 0 Å². The number of ether oxygens (including phenoxy) is 1. The van der Waals surface area contributed by atoms with Crippen LogP contribution < -0.4 is 21.3 Å². The summed E-state index contributed by atoms with van der Waals surface area (Å²) in [7, 11) is 3.22. The van der Waals surface area contributed by atoms with Gasteiger partial charge in [0.15, 0.2) is 0 Å². The molecule has 0 atom stereocenters. The van der Waals surface area contributed by atoms with Gasteiger partial charge in [0.2, 0.25) is 0 Å². The van der Waals surface area contributed by atoms with Gasteiger partial charge in [0.25, 0.3) is 23.6 Å². The van der Waals surface area contributed by atoms with Gasteiger partial charge in [-0.3, -0.25) is 24.1 Å². The Morgan fingerprint density at radius 1 is 0.800 bits per heavy atom. The first kappa shape index (κ1) is 31.2. The van der Waals surface area contributed by atoms with Gasteiger partial charge in [-0.15, -0.1) is 0 Å². The molecule has 0 bridgehead atoms. The molecule has 1 aliphatic heterocycles. The number of hydrogen-bond acceptors (Lipinski definition) is 6. The number of morpholine rings is 1. The van der Waals surface area contributed by atoms with Crippen molar-refractivity contribution in [2.45, 2.75) is 0 Å². The van der Waals surface area contributed by atoms with Crippen molar-refractivity contribution < 1.29 is 32.7 Å². The van der Waals surface area contributed by atoms with E-state index >= 15 is 0 Å². The average molecular weight is 623 g/mol. The molecule has 4 aromatic rings. The van der Waals surface area contributed by atoms with Gasteiger partial charge in [-0.05, 0) is 30.3 Å². The number of aryl methyl sites for hydroxylation is 2. The van der Waals surface area contributed by atoms with E-state index in [4.69, 9.17) is 4.74 Å². The lowest BCUT2D eigenvalue weighted by molar-refractivity contribution is 0.0383. The van der Waals surface area contributed by atoms with Crippen LogP contribution in [0.25, 0.3) is 0 Å². The van der Waals surface area contributed by atoms with Crippen LogP contribution in [0, 0.1) is 11.6 Å². The van der Waals surface area contributed by atoms with E-state index < -0.39 is 29.4 Å². The van der Waals surface area contributed by atoms with Crippen molar-refractivity contribution >= 4 is 40.7 Å². The lowest BCUT2D eigenvalue weighted by Gasteiger charge is -2.26. The highest BCUT2D eigenvalue weighted by molar-refractivity contribution is 6.08. The second kappa shape index (κ2) is 13.6. The molecule has 1 aromatic carbocycles. The maximum absolute atomic E-state index is 14.0. The molecule has 45 heavy (non-hydrogen) atoms. The smallest absolute Gasteiger partial charge is 0.272 e. The number of nitrogens with one attached hydrogen (secondary N) is 5. The fraction of sp³-hybridized carbons (Fsp3) is 0.267. The Morgan fingerprint density at radius 2 is 1.40 bits per heavy atom. The molecular weight excluding hydrogens is 590 g/mol. The first-order valence-corrected chi connectivity index (χ1v) is 14.1. The summed E-state index contributed by atoms with van der Waals surface area (Å²) in [6.45, 7) is 4.22. The van der Waals surface area contributed by atoms with Crippen molar-refractivity contribution in [2.75, 3.05) is 55.3 Å². The number of H-pyrrole nitrogens is 1. The van der Waals surface area contributed by atoms with Crippen LogP contribution in [0.1, 0.15) is 41.8 Å². The summed E-state index contributed by atoms with van der Waals surface area (Å²) in [5.74, 6) is -3.91. The van der Waals surface area contributed by atoms with Gasteiger partial charge in [-0.25, -0.2) is 8.78 Å². The predicted octanol–water partition coefficient (Wildman–Crippen LogP) is 2.79. The third-order valence-electron chi connectivity index (χ3n) is 7.17. The van der Waals surface area contributed by atoms with Crippen molar-refractivity contribution in [1.82, 2.24) is 24.3 Å². The molecule has 1 saturated heterocycles. The number of nitrogens with zero attached hydrogens (tertiary/aromatic N) is 3. The van der Waals surface area contributed by atoms with Gasteiger partial charge in [-0.2, -0.15) is 0 Å². The third-order valence-corrected chi connectivity index (χ3v) is 7.17. The number of benzene rings is 1. The number of carbonyl (C=O) groups excluding carboxylic acids is 4. The minimum Gasteiger partial charge on any atom is -0.379 e. The van der Waals surface area contributed by atoms with Crippen molar-refractivity contribution in [3.05, 3.63) is 89.3 Å². The Bertz CT molecular complexity index is 1740. The highest BCUT2D eigenvalue weighted by Crippen LogP contribution is 2.20. The van der Waals surface area contributed by atoms with Crippen molar-refractivity contribution in [2.24, 2.45) is 14.1 Å². The Hall–Kier alpha value is -5.28. The first-order valence-electron chi connectivity index (χ1n) is 14.1. The van der Waals surface area contributed by atoms with Crippen LogP contribution in [-0.4, -0.2) is 82.0 Å². The molecule has 13 nitrogen and oxygen atoms in total. The number of hydrogen-bond donors (Lipinski definition) is 5. The SMILES string of the molecule is Cn1cc(NC(=O)c2ccc(F)cc2F)cc1C(=O)Nc1cc(C(=O)Nc2c[nH]c(C(=O)NCCN3CCOCC3)c2)n(C)c1. The van der Waals surface area contributed by atoms with Gasteiger partial charge in [0.1, 0.15) is 28.7 Å². The molecule has 0 unspecified atom stereocenters. The summed E-state index contributed by atoms with van der Waals surface area (Å²) in [5.41, 5.74) is 1.31. The number of anilines is 3. The van der Waals surface area contributed by atoms with Crippen molar-refractivity contribution in [3.63, 3.8) is 0 Å². The summed E-state index contributed by atoms with van der Waals surface area (Å²) in [4.78, 5) is 56.0. The summed E-state index contributed by atoms with van der Waals surface area (Å²) in [5, 5.41) is 10.8. The minimum atomic E-state index is -1.01. The molecule has 4 amide bonds. The number of halogens is 2. The Morgan fingerprint density at radius 3 is 2.02 bits per heavy atom. The number of aromatic amines is 1. The van der Waals surface area contributed by atoms with Crippen LogP contribution in [0.4, 0.5) is 25.8 Å². The van der Waals surface area contributed by atoms with Gasteiger partial charge in [0, 0.05) is 64.9 Å². The molecule has 0 spiro atoms. The van der Waals surface area contributed by atoms with Crippen LogP contribution in [0.2, 0.25) is 0 Å². The molecule has 4 heterocycles. The highest BCUT2D eigenvalue weighted by Gasteiger charge is 2.19. The van der Waals surface area contributed by atoms with Crippen molar-refractivity contribution in [3.8, 4) is 0 Å². The van der Waals surface area contributed by atoms with E-state index in [1.807, 2.05) is 0 Å². The lowest BCUT2D eigenvalue weighted by Crippen LogP contribution is -2.41. The first-order chi connectivity index (χ1) is 21.6. The molecular formula is C30H32F2N8O5. The Balaban J connectivity index is 1.15. The molecule has 5 N–H and O–H groups in total. The molecule has 236 valence electrons. The number of aromatic nitrogens is 3. The molecule has 0 aliphatic carbocycles. The average Bonchev–Trinajstić information content (AvgIpc) is 3.71. The van der Waals surface area contributed by atoms with Crippen LogP contribution in [0.3, 0.4) is 0 Å². The topological polar surface area (TPSA) is 155 Å². The van der Waals surface area contributed by atoms with Crippen LogP contribution in [-0.2, 0) is 18.8 Å². The molecule has 15 heteroatoms. The van der Waals surface area contributed by atoms with Gasteiger partial charge in [-0.1, -0.05) is 0 Å². The zero-order chi connectivity index (χ0) is 32.1. The molecule has 0 saturated carbocycles. The van der Waals surface area contributed by atoms with Gasteiger partial charge in [0.05, 0.1) is 35.8 Å².